The highest BCUT2D eigenvalue weighted by Crippen LogP contribution is 2.25. The van der Waals surface area contributed by atoms with Gasteiger partial charge in [-0.15, -0.1) is 0 Å². The number of sulfonamides is 1. The summed E-state index contributed by atoms with van der Waals surface area (Å²) >= 11 is 6.15. The molecule has 0 spiro atoms. The van der Waals surface area contributed by atoms with E-state index in [4.69, 9.17) is 5.26 Å². The maximum Gasteiger partial charge on any atom is 0.262 e. The lowest BCUT2D eigenvalue weighted by atomic mass is 10.2. The van der Waals surface area contributed by atoms with E-state index >= 15 is 0 Å². The van der Waals surface area contributed by atoms with Gasteiger partial charge in [0.15, 0.2) is 0 Å². The third-order valence-electron chi connectivity index (χ3n) is 2.55. The Labute approximate surface area is 137 Å². The maximum atomic E-state index is 13.4. The highest BCUT2D eigenvalue weighted by atomic mass is 79.9. The van der Waals surface area contributed by atoms with Crippen LogP contribution in [0.25, 0.3) is 0 Å². The number of benzene rings is 2. The lowest BCUT2D eigenvalue weighted by Gasteiger charge is -2.10. The molecule has 2 aromatic rings. The van der Waals surface area contributed by atoms with Gasteiger partial charge >= 0.3 is 0 Å². The van der Waals surface area contributed by atoms with E-state index in [9.17, 15) is 12.8 Å². The summed E-state index contributed by atoms with van der Waals surface area (Å²) in [5.74, 6) is -0.686. The lowest BCUT2D eigenvalue weighted by Crippen LogP contribution is -2.14. The number of nitrogens with one attached hydrogen (secondary N) is 1. The highest BCUT2D eigenvalue weighted by molar-refractivity contribution is 9.10. The van der Waals surface area contributed by atoms with Crippen molar-refractivity contribution >= 4 is 47.6 Å². The van der Waals surface area contributed by atoms with Gasteiger partial charge in [0.25, 0.3) is 10.0 Å². The molecule has 0 saturated heterocycles. The minimum absolute atomic E-state index is 0.129. The zero-order valence-corrected chi connectivity index (χ0v) is 14.3. The molecule has 1 N–H and O–H groups in total. The molecule has 21 heavy (non-hydrogen) atoms. The van der Waals surface area contributed by atoms with Crippen LogP contribution in [0.2, 0.25) is 0 Å². The van der Waals surface area contributed by atoms with Crippen molar-refractivity contribution in [2.24, 2.45) is 0 Å². The Morgan fingerprint density at radius 2 is 1.86 bits per heavy atom. The van der Waals surface area contributed by atoms with Crippen LogP contribution >= 0.6 is 31.9 Å². The second kappa shape index (κ2) is 6.13. The van der Waals surface area contributed by atoms with E-state index < -0.39 is 15.8 Å². The van der Waals surface area contributed by atoms with Crippen LogP contribution in [0.15, 0.2) is 50.2 Å². The average Bonchev–Trinajstić information content (AvgIpc) is 2.43. The molecule has 8 heteroatoms. The van der Waals surface area contributed by atoms with Crippen molar-refractivity contribution in [2.45, 2.75) is 4.90 Å². The van der Waals surface area contributed by atoms with Crippen molar-refractivity contribution in [2.75, 3.05) is 4.72 Å². The van der Waals surface area contributed by atoms with E-state index in [-0.39, 0.29) is 20.6 Å². The Kier molecular flexibility index (Phi) is 4.66. The average molecular weight is 434 g/mol. The predicted molar refractivity (Wildman–Crippen MR) is 83.8 cm³/mol. The summed E-state index contributed by atoms with van der Waals surface area (Å²) in [6.45, 7) is 0. The molecular formula is C13H7Br2FN2O2S. The molecule has 4 nitrogen and oxygen atoms in total. The van der Waals surface area contributed by atoms with Crippen molar-refractivity contribution < 1.29 is 12.8 Å². The van der Waals surface area contributed by atoms with E-state index in [0.717, 1.165) is 6.07 Å². The molecule has 0 bridgehead atoms. The number of nitriles is 1. The van der Waals surface area contributed by atoms with Crippen LogP contribution in [0.5, 0.6) is 0 Å². The molecule has 0 aliphatic carbocycles. The highest BCUT2D eigenvalue weighted by Gasteiger charge is 2.17. The summed E-state index contributed by atoms with van der Waals surface area (Å²) < 4.78 is 41.0. The van der Waals surface area contributed by atoms with Crippen LogP contribution in [0, 0.1) is 17.1 Å². The lowest BCUT2D eigenvalue weighted by molar-refractivity contribution is 0.593. The molecule has 0 aromatic heterocycles. The zero-order chi connectivity index (χ0) is 15.6. The summed E-state index contributed by atoms with van der Waals surface area (Å²) in [6.07, 6.45) is 0. The van der Waals surface area contributed by atoms with Crippen LogP contribution in [0.1, 0.15) is 5.56 Å². The SMILES string of the molecule is N#Cc1cc(Br)ccc1NS(=O)(=O)c1ccc(Br)c(F)c1. The zero-order valence-electron chi connectivity index (χ0n) is 10.3. The van der Waals surface area contributed by atoms with Gasteiger partial charge in [-0.25, -0.2) is 12.8 Å². The van der Waals surface area contributed by atoms with Crippen LogP contribution in [0.4, 0.5) is 10.1 Å². The van der Waals surface area contributed by atoms with E-state index in [1.54, 1.807) is 6.07 Å². The molecule has 0 heterocycles. The smallest absolute Gasteiger partial charge is 0.262 e. The van der Waals surface area contributed by atoms with Gasteiger partial charge in [-0.2, -0.15) is 5.26 Å². The number of rotatable bonds is 3. The largest absolute Gasteiger partial charge is 0.278 e. The molecular weight excluding hydrogens is 427 g/mol. The number of anilines is 1. The third-order valence-corrected chi connectivity index (χ3v) is 5.05. The van der Waals surface area contributed by atoms with E-state index in [1.165, 1.54) is 24.3 Å². The first kappa shape index (κ1) is 15.9. The van der Waals surface area contributed by atoms with Crippen LogP contribution < -0.4 is 4.72 Å². The molecule has 2 rings (SSSR count). The molecule has 108 valence electrons. The van der Waals surface area contributed by atoms with Crippen LogP contribution in [-0.4, -0.2) is 8.42 Å². The predicted octanol–water partition coefficient (Wildman–Crippen LogP) is 4.02. The minimum Gasteiger partial charge on any atom is -0.278 e. The van der Waals surface area contributed by atoms with Gasteiger partial charge < -0.3 is 0 Å². The van der Waals surface area contributed by atoms with Gasteiger partial charge in [-0.1, -0.05) is 15.9 Å². The molecule has 0 unspecified atom stereocenters. The molecule has 0 saturated carbocycles. The Morgan fingerprint density at radius 3 is 2.48 bits per heavy atom. The van der Waals surface area contributed by atoms with E-state index in [0.29, 0.717) is 4.47 Å². The van der Waals surface area contributed by atoms with Crippen molar-refractivity contribution in [1.82, 2.24) is 0 Å². The van der Waals surface area contributed by atoms with Crippen molar-refractivity contribution in [3.8, 4) is 6.07 Å². The first-order valence-electron chi connectivity index (χ1n) is 5.51. The molecule has 0 amide bonds. The summed E-state index contributed by atoms with van der Waals surface area (Å²) in [4.78, 5) is -0.227. The Balaban J connectivity index is 2.42. The fourth-order valence-corrected chi connectivity index (χ4v) is 3.24. The van der Waals surface area contributed by atoms with Crippen molar-refractivity contribution in [1.29, 1.82) is 5.26 Å². The molecule has 0 aliphatic heterocycles. The standard InChI is InChI=1S/C13H7Br2FN2O2S/c14-9-1-4-13(8(5-9)7-17)18-21(19,20)10-2-3-11(15)12(16)6-10/h1-6,18H. The number of nitrogens with zero attached hydrogens (tertiary/aromatic N) is 1. The number of halogens is 3. The Hall–Kier alpha value is -1.43. The van der Waals surface area contributed by atoms with Crippen LogP contribution in [-0.2, 0) is 10.0 Å². The van der Waals surface area contributed by atoms with Gasteiger partial charge in [0, 0.05) is 4.47 Å². The molecule has 0 atom stereocenters. The van der Waals surface area contributed by atoms with Gasteiger partial charge in [0.1, 0.15) is 11.9 Å². The van der Waals surface area contributed by atoms with Crippen LogP contribution in [0.3, 0.4) is 0 Å². The molecule has 0 radical (unpaired) electrons. The topological polar surface area (TPSA) is 70.0 Å². The van der Waals surface area contributed by atoms with Gasteiger partial charge in [0.05, 0.1) is 20.6 Å². The summed E-state index contributed by atoms with van der Waals surface area (Å²) in [5, 5.41) is 9.02. The van der Waals surface area contributed by atoms with Gasteiger partial charge in [-0.3, -0.25) is 4.72 Å². The second-order valence-electron chi connectivity index (χ2n) is 3.98. The Morgan fingerprint density at radius 1 is 1.14 bits per heavy atom. The summed E-state index contributed by atoms with van der Waals surface area (Å²) in [7, 11) is -3.98. The first-order valence-corrected chi connectivity index (χ1v) is 8.58. The quantitative estimate of drug-likeness (QED) is 0.794. The van der Waals surface area contributed by atoms with Crippen molar-refractivity contribution in [3.63, 3.8) is 0 Å². The second-order valence-corrected chi connectivity index (χ2v) is 7.44. The monoisotopic (exact) mass is 432 g/mol. The fourth-order valence-electron chi connectivity index (χ4n) is 1.55. The first-order chi connectivity index (χ1) is 9.83. The van der Waals surface area contributed by atoms with Crippen molar-refractivity contribution in [3.05, 3.63) is 56.7 Å². The molecule has 0 fully saturated rings. The Bertz CT molecular complexity index is 848. The minimum atomic E-state index is -3.98. The van der Waals surface area contributed by atoms with Gasteiger partial charge in [-0.05, 0) is 52.3 Å². The van der Waals surface area contributed by atoms with Gasteiger partial charge in [0.2, 0.25) is 0 Å². The number of hydrogen-bond acceptors (Lipinski definition) is 3. The normalized spacial score (nSPS) is 11.0. The number of hydrogen-bond donors (Lipinski definition) is 1. The van der Waals surface area contributed by atoms with E-state index in [2.05, 4.69) is 36.6 Å². The summed E-state index contributed by atoms with van der Waals surface area (Å²) in [6, 6.07) is 9.90. The molecule has 0 aliphatic rings. The fraction of sp³-hybridized carbons (Fsp3) is 0. The maximum absolute atomic E-state index is 13.4. The molecule has 2 aromatic carbocycles. The summed E-state index contributed by atoms with van der Waals surface area (Å²) in [5.41, 5.74) is 0.287. The van der Waals surface area contributed by atoms with E-state index in [1.807, 2.05) is 6.07 Å². The third kappa shape index (κ3) is 3.61.